The molecule has 142 valence electrons. The standard InChI is InChI=1S/C22H26N2O3/c1-26-21-9-6-18(7-10-21)8-11-22(25)23-16-19-4-2-3-5-20(19)17-24-12-14-27-15-13-24/h2-11H,12-17H2,1H3,(H,23,25)/b11-8+. The van der Waals surface area contributed by atoms with E-state index in [1.165, 1.54) is 5.56 Å². The molecule has 0 aliphatic carbocycles. The van der Waals surface area contributed by atoms with Gasteiger partial charge in [0.15, 0.2) is 0 Å². The quantitative estimate of drug-likeness (QED) is 0.766. The summed E-state index contributed by atoms with van der Waals surface area (Å²) in [5.41, 5.74) is 3.35. The van der Waals surface area contributed by atoms with E-state index < -0.39 is 0 Å². The van der Waals surface area contributed by atoms with E-state index in [2.05, 4.69) is 22.3 Å². The average Bonchev–Trinajstić information content (AvgIpc) is 2.73. The van der Waals surface area contributed by atoms with Crippen molar-refractivity contribution in [3.8, 4) is 5.75 Å². The number of carbonyl (C=O) groups excluding carboxylic acids is 1. The lowest BCUT2D eigenvalue weighted by Crippen LogP contribution is -2.36. The van der Waals surface area contributed by atoms with E-state index in [0.717, 1.165) is 49.7 Å². The van der Waals surface area contributed by atoms with Crippen LogP contribution in [0, 0.1) is 0 Å². The Morgan fingerprint density at radius 1 is 1.11 bits per heavy atom. The fourth-order valence-corrected chi connectivity index (χ4v) is 3.01. The Balaban J connectivity index is 1.54. The normalized spacial score (nSPS) is 15.0. The Morgan fingerprint density at radius 3 is 2.52 bits per heavy atom. The van der Waals surface area contributed by atoms with E-state index in [9.17, 15) is 4.79 Å². The van der Waals surface area contributed by atoms with E-state index >= 15 is 0 Å². The van der Waals surface area contributed by atoms with Crippen LogP contribution in [0.5, 0.6) is 5.75 Å². The second kappa shape index (κ2) is 9.90. The van der Waals surface area contributed by atoms with Crippen LogP contribution < -0.4 is 10.1 Å². The van der Waals surface area contributed by atoms with Gasteiger partial charge in [0.25, 0.3) is 0 Å². The first-order valence-corrected chi connectivity index (χ1v) is 9.21. The largest absolute Gasteiger partial charge is 0.497 e. The second-order valence-corrected chi connectivity index (χ2v) is 6.48. The zero-order valence-electron chi connectivity index (χ0n) is 15.7. The lowest BCUT2D eigenvalue weighted by atomic mass is 10.1. The summed E-state index contributed by atoms with van der Waals surface area (Å²) in [6.07, 6.45) is 3.36. The summed E-state index contributed by atoms with van der Waals surface area (Å²) in [5, 5.41) is 2.98. The fraction of sp³-hybridized carbons (Fsp3) is 0.318. The fourth-order valence-electron chi connectivity index (χ4n) is 3.01. The molecule has 1 N–H and O–H groups in total. The Bertz CT molecular complexity index is 765. The molecule has 0 atom stereocenters. The minimum absolute atomic E-state index is 0.105. The van der Waals surface area contributed by atoms with Crippen LogP contribution >= 0.6 is 0 Å². The molecule has 5 nitrogen and oxygen atoms in total. The molecule has 3 rings (SSSR count). The monoisotopic (exact) mass is 366 g/mol. The Labute approximate surface area is 160 Å². The Hall–Kier alpha value is -2.63. The van der Waals surface area contributed by atoms with Crippen molar-refractivity contribution in [1.29, 1.82) is 0 Å². The molecule has 1 aliphatic heterocycles. The molecule has 5 heteroatoms. The Kier molecular flexibility index (Phi) is 7.02. The molecule has 1 aliphatic rings. The minimum Gasteiger partial charge on any atom is -0.497 e. The molecule has 0 unspecified atom stereocenters. The summed E-state index contributed by atoms with van der Waals surface area (Å²) in [7, 11) is 1.63. The zero-order valence-corrected chi connectivity index (χ0v) is 15.7. The van der Waals surface area contributed by atoms with Crippen LogP contribution in [-0.2, 0) is 22.6 Å². The first-order chi connectivity index (χ1) is 13.2. The highest BCUT2D eigenvalue weighted by atomic mass is 16.5. The number of hydrogen-bond acceptors (Lipinski definition) is 4. The van der Waals surface area contributed by atoms with Crippen LogP contribution in [0.25, 0.3) is 6.08 Å². The first kappa shape index (κ1) is 19.1. The van der Waals surface area contributed by atoms with E-state index in [-0.39, 0.29) is 5.91 Å². The lowest BCUT2D eigenvalue weighted by Gasteiger charge is -2.27. The van der Waals surface area contributed by atoms with Crippen molar-refractivity contribution in [3.05, 3.63) is 71.3 Å². The number of morpholine rings is 1. The van der Waals surface area contributed by atoms with Crippen molar-refractivity contribution >= 4 is 12.0 Å². The summed E-state index contributed by atoms with van der Waals surface area (Å²) in [5.74, 6) is 0.695. The summed E-state index contributed by atoms with van der Waals surface area (Å²) < 4.78 is 10.5. The Morgan fingerprint density at radius 2 is 1.81 bits per heavy atom. The van der Waals surface area contributed by atoms with Crippen molar-refractivity contribution in [3.63, 3.8) is 0 Å². The average molecular weight is 366 g/mol. The smallest absolute Gasteiger partial charge is 0.244 e. The SMILES string of the molecule is COc1ccc(/C=C/C(=O)NCc2ccccc2CN2CCOCC2)cc1. The van der Waals surface area contributed by atoms with E-state index in [1.54, 1.807) is 19.3 Å². The molecule has 2 aromatic carbocycles. The molecule has 0 radical (unpaired) electrons. The van der Waals surface area contributed by atoms with Crippen LogP contribution in [-0.4, -0.2) is 44.2 Å². The molecule has 0 aromatic heterocycles. The number of hydrogen-bond donors (Lipinski definition) is 1. The molecule has 1 fully saturated rings. The molecule has 0 spiro atoms. The van der Waals surface area contributed by atoms with Crippen LogP contribution in [0.1, 0.15) is 16.7 Å². The maximum absolute atomic E-state index is 12.2. The van der Waals surface area contributed by atoms with Crippen molar-refractivity contribution in [2.75, 3.05) is 33.4 Å². The van der Waals surface area contributed by atoms with Gasteiger partial charge in [0, 0.05) is 32.3 Å². The van der Waals surface area contributed by atoms with E-state index in [4.69, 9.17) is 9.47 Å². The van der Waals surface area contributed by atoms with Crippen molar-refractivity contribution in [1.82, 2.24) is 10.2 Å². The van der Waals surface area contributed by atoms with Crippen LogP contribution in [0.3, 0.4) is 0 Å². The molecular weight excluding hydrogens is 340 g/mol. The highest BCUT2D eigenvalue weighted by Gasteiger charge is 2.12. The number of nitrogens with zero attached hydrogens (tertiary/aromatic N) is 1. The third kappa shape index (κ3) is 5.94. The van der Waals surface area contributed by atoms with Gasteiger partial charge in [0.1, 0.15) is 5.75 Å². The molecule has 27 heavy (non-hydrogen) atoms. The van der Waals surface area contributed by atoms with Gasteiger partial charge in [-0.25, -0.2) is 0 Å². The summed E-state index contributed by atoms with van der Waals surface area (Å²) in [4.78, 5) is 14.5. The predicted molar refractivity (Wildman–Crippen MR) is 106 cm³/mol. The predicted octanol–water partition coefficient (Wildman–Crippen LogP) is 2.86. The summed E-state index contributed by atoms with van der Waals surface area (Å²) >= 11 is 0. The third-order valence-corrected chi connectivity index (χ3v) is 4.61. The maximum atomic E-state index is 12.2. The lowest BCUT2D eigenvalue weighted by molar-refractivity contribution is -0.116. The molecular formula is C22H26N2O3. The van der Waals surface area contributed by atoms with Gasteiger partial charge in [-0.1, -0.05) is 36.4 Å². The van der Waals surface area contributed by atoms with Gasteiger partial charge in [-0.3, -0.25) is 9.69 Å². The second-order valence-electron chi connectivity index (χ2n) is 6.48. The van der Waals surface area contributed by atoms with Gasteiger partial charge < -0.3 is 14.8 Å². The highest BCUT2D eigenvalue weighted by Crippen LogP contribution is 2.14. The van der Waals surface area contributed by atoms with Crippen molar-refractivity contribution in [2.24, 2.45) is 0 Å². The number of carbonyl (C=O) groups is 1. The molecule has 2 aromatic rings. The van der Waals surface area contributed by atoms with Gasteiger partial charge in [-0.15, -0.1) is 0 Å². The zero-order chi connectivity index (χ0) is 18.9. The summed E-state index contributed by atoms with van der Waals surface area (Å²) in [6, 6.07) is 15.8. The van der Waals surface area contributed by atoms with Crippen molar-refractivity contribution in [2.45, 2.75) is 13.1 Å². The van der Waals surface area contributed by atoms with Gasteiger partial charge in [0.2, 0.25) is 5.91 Å². The van der Waals surface area contributed by atoms with Crippen LogP contribution in [0.2, 0.25) is 0 Å². The van der Waals surface area contributed by atoms with Crippen molar-refractivity contribution < 1.29 is 14.3 Å². The van der Waals surface area contributed by atoms with Crippen LogP contribution in [0.15, 0.2) is 54.6 Å². The first-order valence-electron chi connectivity index (χ1n) is 9.21. The maximum Gasteiger partial charge on any atom is 0.244 e. The van der Waals surface area contributed by atoms with Gasteiger partial charge in [-0.2, -0.15) is 0 Å². The molecule has 1 saturated heterocycles. The third-order valence-electron chi connectivity index (χ3n) is 4.61. The van der Waals surface area contributed by atoms with Gasteiger partial charge in [-0.05, 0) is 34.9 Å². The highest BCUT2D eigenvalue weighted by molar-refractivity contribution is 5.91. The van der Waals surface area contributed by atoms with Gasteiger partial charge in [0.05, 0.1) is 20.3 Å². The van der Waals surface area contributed by atoms with Gasteiger partial charge >= 0.3 is 0 Å². The summed E-state index contributed by atoms with van der Waals surface area (Å²) in [6.45, 7) is 4.88. The number of ether oxygens (including phenoxy) is 2. The molecule has 1 amide bonds. The van der Waals surface area contributed by atoms with Crippen LogP contribution in [0.4, 0.5) is 0 Å². The number of rotatable bonds is 7. The topological polar surface area (TPSA) is 50.8 Å². The molecule has 0 bridgehead atoms. The van der Waals surface area contributed by atoms with E-state index in [1.807, 2.05) is 36.4 Å². The molecule has 0 saturated carbocycles. The number of methoxy groups -OCH3 is 1. The number of nitrogens with one attached hydrogen (secondary N) is 1. The minimum atomic E-state index is -0.105. The van der Waals surface area contributed by atoms with E-state index in [0.29, 0.717) is 6.54 Å². The number of amides is 1. The number of benzene rings is 2. The molecule has 1 heterocycles.